The Labute approximate surface area is 233 Å². The van der Waals surface area contributed by atoms with Crippen molar-refractivity contribution in [2.45, 2.75) is 82.9 Å². The summed E-state index contributed by atoms with van der Waals surface area (Å²) in [5, 5.41) is 33.8. The van der Waals surface area contributed by atoms with Crippen LogP contribution in [-0.2, 0) is 19.0 Å². The number of hydrogen-bond donors (Lipinski definition) is 2. The van der Waals surface area contributed by atoms with Gasteiger partial charge in [0.2, 0.25) is 5.79 Å². The van der Waals surface area contributed by atoms with Crippen LogP contribution in [0.25, 0.3) is 11.3 Å². The molecule has 4 heterocycles. The molecule has 212 valence electrons. The highest BCUT2D eigenvalue weighted by Gasteiger charge is 2.90. The Kier molecular flexibility index (Phi) is 4.74. The Morgan fingerprint density at radius 2 is 1.82 bits per heavy atom. The number of carbonyl (C=O) groups is 1. The standard InChI is InChI=1S/C31H37N3O6/c1-16-18-11-12-21-29-15-38-31(30(21,23(16)35)26(18)39-28(4,5)40-31)25(37)22(29)27(2,3)13-20(24(29)36)34-14-19(32-33-34)17-9-7-6-8-10-17/h6-10,14,18,20-22,24-26,36-37H,1,11-13,15H2,2-5H3/t18-,20-,21-,22+,24+,25-,26+,29-,30-,31?/m0/s1. The lowest BCUT2D eigenvalue weighted by Gasteiger charge is -2.78. The van der Waals surface area contributed by atoms with Crippen molar-refractivity contribution >= 4 is 5.78 Å². The minimum Gasteiger partial charge on any atom is -0.390 e. The van der Waals surface area contributed by atoms with Crippen LogP contribution < -0.4 is 0 Å². The van der Waals surface area contributed by atoms with Gasteiger partial charge >= 0.3 is 0 Å². The Hall–Kier alpha value is -2.43. The molecule has 1 aromatic heterocycles. The Morgan fingerprint density at radius 1 is 1.07 bits per heavy atom. The largest absolute Gasteiger partial charge is 0.390 e. The highest BCUT2D eigenvalue weighted by Crippen LogP contribution is 2.79. The number of aliphatic hydroxyl groups excluding tert-OH is 2. The van der Waals surface area contributed by atoms with Crippen LogP contribution in [0, 0.1) is 34.0 Å². The number of fused-ring (bicyclic) bond motifs is 1. The van der Waals surface area contributed by atoms with Gasteiger partial charge in [-0.3, -0.25) is 4.79 Å². The van der Waals surface area contributed by atoms with E-state index in [2.05, 4.69) is 30.7 Å². The highest BCUT2D eigenvalue weighted by atomic mass is 16.8. The number of carbonyl (C=O) groups excluding carboxylic acids is 1. The number of ether oxygens (including phenoxy) is 3. The second kappa shape index (κ2) is 7.50. The number of benzene rings is 1. The van der Waals surface area contributed by atoms with E-state index < -0.39 is 52.2 Å². The van der Waals surface area contributed by atoms with E-state index in [0.29, 0.717) is 18.4 Å². The number of hydrogen-bond acceptors (Lipinski definition) is 8. The van der Waals surface area contributed by atoms with Crippen LogP contribution in [0.2, 0.25) is 0 Å². The fraction of sp³-hybridized carbons (Fsp3) is 0.645. The smallest absolute Gasteiger partial charge is 0.213 e. The number of aliphatic hydroxyl groups is 2. The van der Waals surface area contributed by atoms with Crippen molar-refractivity contribution in [3.05, 3.63) is 48.7 Å². The Morgan fingerprint density at radius 3 is 2.58 bits per heavy atom. The molecule has 0 amide bonds. The summed E-state index contributed by atoms with van der Waals surface area (Å²) in [6, 6.07) is 9.42. The Balaban J connectivity index is 1.31. The molecule has 10 atom stereocenters. The summed E-state index contributed by atoms with van der Waals surface area (Å²) in [4.78, 5) is 14.4. The number of rotatable bonds is 2. The molecule has 0 radical (unpaired) electrons. The van der Waals surface area contributed by atoms with E-state index >= 15 is 0 Å². The van der Waals surface area contributed by atoms with Crippen LogP contribution in [0.1, 0.15) is 53.0 Å². The summed E-state index contributed by atoms with van der Waals surface area (Å²) in [7, 11) is 0. The molecule has 2 aromatic rings. The molecular formula is C31H37N3O6. The fourth-order valence-electron chi connectivity index (χ4n) is 10.4. The van der Waals surface area contributed by atoms with Gasteiger partial charge in [0.05, 0.1) is 31.1 Å². The van der Waals surface area contributed by atoms with Crippen molar-refractivity contribution in [1.29, 1.82) is 0 Å². The lowest BCUT2D eigenvalue weighted by molar-refractivity contribution is -0.536. The third-order valence-corrected chi connectivity index (χ3v) is 11.5. The van der Waals surface area contributed by atoms with E-state index in [-0.39, 0.29) is 30.1 Å². The molecule has 3 spiro atoms. The van der Waals surface area contributed by atoms with Crippen molar-refractivity contribution in [3.63, 3.8) is 0 Å². The van der Waals surface area contributed by atoms with Gasteiger partial charge in [0.15, 0.2) is 11.6 Å². The summed E-state index contributed by atoms with van der Waals surface area (Å²) >= 11 is 0. The molecule has 3 saturated heterocycles. The molecule has 1 aromatic carbocycles. The topological polar surface area (TPSA) is 116 Å². The van der Waals surface area contributed by atoms with Crippen LogP contribution in [0.3, 0.4) is 0 Å². The summed E-state index contributed by atoms with van der Waals surface area (Å²) < 4.78 is 21.6. The molecule has 40 heavy (non-hydrogen) atoms. The number of aromatic nitrogens is 3. The average molecular weight is 548 g/mol. The van der Waals surface area contributed by atoms with Crippen molar-refractivity contribution in [3.8, 4) is 11.3 Å². The molecule has 3 aliphatic heterocycles. The number of ketones is 1. The molecule has 4 saturated carbocycles. The van der Waals surface area contributed by atoms with E-state index in [1.54, 1.807) is 4.68 Å². The first-order chi connectivity index (χ1) is 18.9. The fourth-order valence-corrected chi connectivity index (χ4v) is 10.4. The number of nitrogens with zero attached hydrogens (tertiary/aromatic N) is 3. The first kappa shape index (κ1) is 25.3. The molecule has 2 N–H and O–H groups in total. The minimum absolute atomic E-state index is 0.142. The van der Waals surface area contributed by atoms with E-state index in [9.17, 15) is 15.0 Å². The van der Waals surface area contributed by atoms with Crippen LogP contribution in [-0.4, -0.2) is 67.5 Å². The molecule has 7 aliphatic rings. The predicted molar refractivity (Wildman–Crippen MR) is 142 cm³/mol. The monoisotopic (exact) mass is 547 g/mol. The van der Waals surface area contributed by atoms with E-state index in [4.69, 9.17) is 14.2 Å². The molecular weight excluding hydrogens is 510 g/mol. The van der Waals surface area contributed by atoms with Gasteiger partial charge in [-0.15, -0.1) is 5.10 Å². The molecule has 4 aliphatic carbocycles. The van der Waals surface area contributed by atoms with Gasteiger partial charge in [0, 0.05) is 22.8 Å². The summed E-state index contributed by atoms with van der Waals surface area (Å²) in [6.45, 7) is 12.3. The van der Waals surface area contributed by atoms with Crippen LogP contribution in [0.15, 0.2) is 48.7 Å². The molecule has 9 nitrogen and oxygen atoms in total. The van der Waals surface area contributed by atoms with E-state index in [0.717, 1.165) is 17.7 Å². The maximum Gasteiger partial charge on any atom is 0.213 e. The molecule has 7 fully saturated rings. The predicted octanol–water partition coefficient (Wildman–Crippen LogP) is 3.28. The SMILES string of the molecule is C=C1C(=O)[C@@]23[C@@H]4OC(C)(C)OC25OC[C@]2([C@H](O)[C@@H](n6cc(-c7ccccc7)nn6)CC(C)(C)[C@H]2[C@@H]5O)[C@@H]3CC[C@@H]14. The van der Waals surface area contributed by atoms with Crippen LogP contribution >= 0.6 is 0 Å². The highest BCUT2D eigenvalue weighted by molar-refractivity contribution is 6.05. The van der Waals surface area contributed by atoms with Gasteiger partial charge in [-0.25, -0.2) is 4.68 Å². The quantitative estimate of drug-likeness (QED) is 0.551. The Bertz CT molecular complexity index is 1440. The average Bonchev–Trinajstić information content (AvgIpc) is 3.44. The maximum atomic E-state index is 14.4. The van der Waals surface area contributed by atoms with Gasteiger partial charge in [0.25, 0.3) is 0 Å². The first-order valence-corrected chi connectivity index (χ1v) is 14.5. The summed E-state index contributed by atoms with van der Waals surface area (Å²) in [5.74, 6) is -3.63. The normalized spacial score (nSPS) is 47.6. The summed E-state index contributed by atoms with van der Waals surface area (Å²) in [6.07, 6.45) is 1.26. The third-order valence-electron chi connectivity index (χ3n) is 11.5. The minimum atomic E-state index is -1.57. The lowest BCUT2D eigenvalue weighted by atomic mass is 9.35. The first-order valence-electron chi connectivity index (χ1n) is 14.5. The molecule has 9 rings (SSSR count). The molecule has 9 heteroatoms. The van der Waals surface area contributed by atoms with Gasteiger partial charge in [0.1, 0.15) is 17.2 Å². The second-order valence-electron chi connectivity index (χ2n) is 14.1. The van der Waals surface area contributed by atoms with Crippen molar-refractivity contribution in [1.82, 2.24) is 15.0 Å². The van der Waals surface area contributed by atoms with E-state index in [1.165, 1.54) is 0 Å². The zero-order valence-electron chi connectivity index (χ0n) is 23.4. The van der Waals surface area contributed by atoms with Gasteiger partial charge in [-0.2, -0.15) is 0 Å². The van der Waals surface area contributed by atoms with Crippen molar-refractivity contribution in [2.75, 3.05) is 6.61 Å². The van der Waals surface area contributed by atoms with Gasteiger partial charge in [-0.05, 0) is 50.0 Å². The van der Waals surface area contributed by atoms with Crippen molar-refractivity contribution in [2.24, 2.45) is 34.0 Å². The zero-order chi connectivity index (χ0) is 28.0. The molecule has 1 unspecified atom stereocenters. The van der Waals surface area contributed by atoms with Gasteiger partial charge < -0.3 is 24.4 Å². The maximum absolute atomic E-state index is 14.4. The lowest BCUT2D eigenvalue weighted by Crippen LogP contribution is -2.89. The summed E-state index contributed by atoms with van der Waals surface area (Å²) in [5.41, 5.74) is -0.447. The van der Waals surface area contributed by atoms with Crippen LogP contribution in [0.4, 0.5) is 0 Å². The van der Waals surface area contributed by atoms with Crippen molar-refractivity contribution < 1.29 is 29.2 Å². The number of Topliss-reactive ketones (excluding diaryl/α,β-unsaturated/α-hetero) is 1. The van der Waals surface area contributed by atoms with Crippen LogP contribution in [0.5, 0.6) is 0 Å². The molecule has 4 bridgehead atoms. The van der Waals surface area contributed by atoms with E-state index in [1.807, 2.05) is 50.4 Å². The third kappa shape index (κ3) is 2.61. The second-order valence-corrected chi connectivity index (χ2v) is 14.1. The zero-order valence-corrected chi connectivity index (χ0v) is 23.4. The van der Waals surface area contributed by atoms with Gasteiger partial charge in [-0.1, -0.05) is 56.0 Å².